The van der Waals surface area contributed by atoms with Gasteiger partial charge in [0.2, 0.25) is 0 Å². The summed E-state index contributed by atoms with van der Waals surface area (Å²) in [5, 5.41) is 3.32. The van der Waals surface area contributed by atoms with Crippen molar-refractivity contribution in [2.24, 2.45) is 0 Å². The SMILES string of the molecule is CC(C)(C)ONC(=O)c1ccc2c(c1)CCCN2. The number of anilines is 1. The molecule has 0 aromatic heterocycles. The monoisotopic (exact) mass is 248 g/mol. The van der Waals surface area contributed by atoms with Crippen molar-refractivity contribution < 1.29 is 9.63 Å². The van der Waals surface area contributed by atoms with Crippen molar-refractivity contribution >= 4 is 11.6 Å². The minimum atomic E-state index is -0.384. The Morgan fingerprint density at radius 2 is 2.17 bits per heavy atom. The third-order valence-electron chi connectivity index (χ3n) is 2.76. The Labute approximate surface area is 108 Å². The molecule has 0 saturated carbocycles. The molecular formula is C14H20N2O2. The van der Waals surface area contributed by atoms with Gasteiger partial charge in [0.25, 0.3) is 5.91 Å². The minimum Gasteiger partial charge on any atom is -0.385 e. The van der Waals surface area contributed by atoms with E-state index in [1.807, 2.05) is 39.0 Å². The Morgan fingerprint density at radius 3 is 2.89 bits per heavy atom. The molecule has 0 saturated heterocycles. The summed E-state index contributed by atoms with van der Waals surface area (Å²) in [6.45, 7) is 6.68. The van der Waals surface area contributed by atoms with E-state index in [-0.39, 0.29) is 11.5 Å². The number of benzene rings is 1. The van der Waals surface area contributed by atoms with Crippen molar-refractivity contribution in [2.75, 3.05) is 11.9 Å². The number of rotatable bonds is 2. The van der Waals surface area contributed by atoms with E-state index >= 15 is 0 Å². The summed E-state index contributed by atoms with van der Waals surface area (Å²) in [4.78, 5) is 17.2. The number of carbonyl (C=O) groups is 1. The minimum absolute atomic E-state index is 0.196. The van der Waals surface area contributed by atoms with Crippen LogP contribution < -0.4 is 10.8 Å². The van der Waals surface area contributed by atoms with Crippen LogP contribution in [0.25, 0.3) is 0 Å². The number of hydroxylamine groups is 1. The molecule has 1 aliphatic rings. The number of carbonyl (C=O) groups excluding carboxylic acids is 1. The van der Waals surface area contributed by atoms with Gasteiger partial charge in [-0.3, -0.25) is 9.63 Å². The second-order valence-electron chi connectivity index (χ2n) is 5.55. The third kappa shape index (κ3) is 3.23. The van der Waals surface area contributed by atoms with E-state index in [0.717, 1.165) is 25.1 Å². The predicted molar refractivity (Wildman–Crippen MR) is 71.6 cm³/mol. The molecular weight excluding hydrogens is 228 g/mol. The molecule has 1 heterocycles. The molecule has 1 amide bonds. The van der Waals surface area contributed by atoms with E-state index in [1.54, 1.807) is 0 Å². The van der Waals surface area contributed by atoms with Crippen molar-refractivity contribution in [3.63, 3.8) is 0 Å². The topological polar surface area (TPSA) is 50.4 Å². The molecule has 1 aliphatic heterocycles. The van der Waals surface area contributed by atoms with Gasteiger partial charge < -0.3 is 5.32 Å². The van der Waals surface area contributed by atoms with Gasteiger partial charge in [-0.2, -0.15) is 0 Å². The van der Waals surface area contributed by atoms with Gasteiger partial charge in [0.1, 0.15) is 0 Å². The van der Waals surface area contributed by atoms with E-state index in [2.05, 4.69) is 10.8 Å². The number of hydrogen-bond donors (Lipinski definition) is 2. The lowest BCUT2D eigenvalue weighted by Gasteiger charge is -2.20. The van der Waals surface area contributed by atoms with Crippen LogP contribution in [0, 0.1) is 0 Å². The molecule has 4 heteroatoms. The first-order valence-electron chi connectivity index (χ1n) is 6.31. The maximum atomic E-state index is 11.9. The van der Waals surface area contributed by atoms with Gasteiger partial charge in [-0.15, -0.1) is 0 Å². The van der Waals surface area contributed by atoms with Crippen molar-refractivity contribution in [2.45, 2.75) is 39.2 Å². The molecule has 0 aliphatic carbocycles. The van der Waals surface area contributed by atoms with Crippen molar-refractivity contribution in [1.82, 2.24) is 5.48 Å². The van der Waals surface area contributed by atoms with Crippen LogP contribution in [0.2, 0.25) is 0 Å². The fraction of sp³-hybridized carbons (Fsp3) is 0.500. The number of nitrogens with one attached hydrogen (secondary N) is 2. The maximum absolute atomic E-state index is 11.9. The highest BCUT2D eigenvalue weighted by molar-refractivity contribution is 5.94. The van der Waals surface area contributed by atoms with E-state index in [0.29, 0.717) is 5.56 Å². The zero-order valence-electron chi connectivity index (χ0n) is 11.2. The van der Waals surface area contributed by atoms with Crippen molar-refractivity contribution in [1.29, 1.82) is 0 Å². The van der Waals surface area contributed by atoms with Crippen LogP contribution >= 0.6 is 0 Å². The zero-order chi connectivity index (χ0) is 13.2. The highest BCUT2D eigenvalue weighted by Crippen LogP contribution is 2.22. The summed E-state index contributed by atoms with van der Waals surface area (Å²) in [6, 6.07) is 5.71. The molecule has 1 aromatic carbocycles. The van der Waals surface area contributed by atoms with Crippen LogP contribution in [0.4, 0.5) is 5.69 Å². The first-order valence-corrected chi connectivity index (χ1v) is 6.31. The molecule has 98 valence electrons. The Hall–Kier alpha value is -1.55. The van der Waals surface area contributed by atoms with E-state index in [1.165, 1.54) is 5.56 Å². The summed E-state index contributed by atoms with van der Waals surface area (Å²) in [5.41, 5.74) is 5.08. The molecule has 2 N–H and O–H groups in total. The largest absolute Gasteiger partial charge is 0.385 e. The van der Waals surface area contributed by atoms with Gasteiger partial charge in [0.05, 0.1) is 5.60 Å². The first kappa shape index (κ1) is 12.9. The van der Waals surface area contributed by atoms with Crippen LogP contribution in [0.15, 0.2) is 18.2 Å². The zero-order valence-corrected chi connectivity index (χ0v) is 11.2. The Balaban J connectivity index is 2.07. The highest BCUT2D eigenvalue weighted by Gasteiger charge is 2.16. The molecule has 0 spiro atoms. The highest BCUT2D eigenvalue weighted by atomic mass is 16.7. The number of hydrogen-bond acceptors (Lipinski definition) is 3. The van der Waals surface area contributed by atoms with E-state index < -0.39 is 0 Å². The molecule has 0 fully saturated rings. The van der Waals surface area contributed by atoms with Crippen molar-refractivity contribution in [3.8, 4) is 0 Å². The van der Waals surface area contributed by atoms with Crippen LogP contribution in [0.1, 0.15) is 43.1 Å². The molecule has 0 bridgehead atoms. The van der Waals surface area contributed by atoms with Gasteiger partial charge in [-0.05, 0) is 57.4 Å². The third-order valence-corrected chi connectivity index (χ3v) is 2.76. The van der Waals surface area contributed by atoms with Gasteiger partial charge in [0.15, 0.2) is 0 Å². The second-order valence-corrected chi connectivity index (χ2v) is 5.55. The Bertz CT molecular complexity index is 450. The van der Waals surface area contributed by atoms with Gasteiger partial charge in [0, 0.05) is 17.8 Å². The summed E-state index contributed by atoms with van der Waals surface area (Å²) in [5.74, 6) is -0.196. The molecule has 0 atom stereocenters. The lowest BCUT2D eigenvalue weighted by atomic mass is 10.0. The smallest absolute Gasteiger partial charge is 0.274 e. The molecule has 0 radical (unpaired) electrons. The maximum Gasteiger partial charge on any atom is 0.274 e. The standard InChI is InChI=1S/C14H20N2O2/c1-14(2,3)18-16-13(17)11-6-7-12-10(9-11)5-4-8-15-12/h6-7,9,15H,4-5,8H2,1-3H3,(H,16,17). The Morgan fingerprint density at radius 1 is 1.39 bits per heavy atom. The Kier molecular flexibility index (Phi) is 3.57. The predicted octanol–water partition coefficient (Wildman–Crippen LogP) is 2.50. The number of fused-ring (bicyclic) bond motifs is 1. The van der Waals surface area contributed by atoms with Crippen LogP contribution in [0.5, 0.6) is 0 Å². The fourth-order valence-electron chi connectivity index (χ4n) is 1.87. The van der Waals surface area contributed by atoms with Crippen molar-refractivity contribution in [3.05, 3.63) is 29.3 Å². The molecule has 1 aromatic rings. The van der Waals surface area contributed by atoms with Gasteiger partial charge in [-0.1, -0.05) is 0 Å². The van der Waals surface area contributed by atoms with Crippen LogP contribution in [-0.4, -0.2) is 18.1 Å². The first-order chi connectivity index (χ1) is 8.46. The summed E-state index contributed by atoms with van der Waals surface area (Å²) < 4.78 is 0. The quantitative estimate of drug-likeness (QED) is 0.791. The summed E-state index contributed by atoms with van der Waals surface area (Å²) in [7, 11) is 0. The molecule has 18 heavy (non-hydrogen) atoms. The normalized spacial score (nSPS) is 14.6. The van der Waals surface area contributed by atoms with Crippen LogP contribution in [-0.2, 0) is 11.3 Å². The van der Waals surface area contributed by atoms with E-state index in [4.69, 9.17) is 4.84 Å². The average Bonchev–Trinajstić information content (AvgIpc) is 2.34. The summed E-state index contributed by atoms with van der Waals surface area (Å²) >= 11 is 0. The molecule has 2 rings (SSSR count). The average molecular weight is 248 g/mol. The van der Waals surface area contributed by atoms with Gasteiger partial charge >= 0.3 is 0 Å². The fourth-order valence-corrected chi connectivity index (χ4v) is 1.87. The summed E-state index contributed by atoms with van der Waals surface area (Å²) in [6.07, 6.45) is 2.13. The second kappa shape index (κ2) is 4.98. The van der Waals surface area contributed by atoms with E-state index in [9.17, 15) is 4.79 Å². The van der Waals surface area contributed by atoms with Gasteiger partial charge in [-0.25, -0.2) is 5.48 Å². The van der Waals surface area contributed by atoms with Crippen LogP contribution in [0.3, 0.4) is 0 Å². The lowest BCUT2D eigenvalue weighted by Crippen LogP contribution is -2.33. The molecule has 4 nitrogen and oxygen atoms in total. The number of amides is 1. The molecule has 0 unspecified atom stereocenters. The number of aryl methyl sites for hydroxylation is 1. The lowest BCUT2D eigenvalue weighted by molar-refractivity contribution is -0.0589.